The number of nitrogens with one attached hydrogen (secondary N) is 1. The van der Waals surface area contributed by atoms with Gasteiger partial charge in [0, 0.05) is 28.6 Å². The lowest BCUT2D eigenvalue weighted by atomic mass is 10.0. The number of aliphatic imine (C=N–C) groups is 1. The highest BCUT2D eigenvalue weighted by atomic mass is 32.1. The molecule has 0 spiro atoms. The number of ether oxygens (including phenoxy) is 2. The lowest BCUT2D eigenvalue weighted by Gasteiger charge is -2.07. The first-order valence-corrected chi connectivity index (χ1v) is 10.7. The van der Waals surface area contributed by atoms with E-state index >= 15 is 0 Å². The van der Waals surface area contributed by atoms with Crippen molar-refractivity contribution in [3.05, 3.63) is 62.1 Å². The minimum absolute atomic E-state index is 0.136. The summed E-state index contributed by atoms with van der Waals surface area (Å²) in [7, 11) is 0. The Morgan fingerprint density at radius 1 is 1.22 bits per heavy atom. The van der Waals surface area contributed by atoms with Crippen molar-refractivity contribution in [3.8, 4) is 17.4 Å². The maximum atomic E-state index is 12.5. The van der Waals surface area contributed by atoms with Gasteiger partial charge in [0.1, 0.15) is 6.54 Å². The molecule has 32 heavy (non-hydrogen) atoms. The highest BCUT2D eigenvalue weighted by Gasteiger charge is 2.21. The molecule has 2 aliphatic rings. The van der Waals surface area contributed by atoms with Crippen LogP contribution in [0.15, 0.2) is 46.2 Å². The zero-order valence-corrected chi connectivity index (χ0v) is 18.2. The fraction of sp³-hybridized carbons (Fsp3) is 0.174. The van der Waals surface area contributed by atoms with Crippen LogP contribution in [0.5, 0.6) is 17.4 Å². The molecular formula is C23H19N3O5S. The van der Waals surface area contributed by atoms with E-state index in [1.807, 2.05) is 32.0 Å². The van der Waals surface area contributed by atoms with Gasteiger partial charge in [0.05, 0.1) is 10.6 Å². The summed E-state index contributed by atoms with van der Waals surface area (Å²) < 4.78 is 11.6. The maximum absolute atomic E-state index is 12.5. The average Bonchev–Trinajstić information content (AvgIpc) is 3.41. The standard InChI is InChI=1S/C23H19N3O5S/c1-12-3-5-17-16(7-12)15(13(2)24-17)9-20-22(28)26(23(29)32-20)10-21(27)25-14-4-6-18-19(8-14)31-11-30-18/h3-9,28H,10-11H2,1-2H3,(H,25,27)/b15-9-. The Morgan fingerprint density at radius 3 is 2.88 bits per heavy atom. The van der Waals surface area contributed by atoms with E-state index in [0.29, 0.717) is 22.1 Å². The van der Waals surface area contributed by atoms with Crippen molar-refractivity contribution in [2.24, 2.45) is 4.99 Å². The second-order valence-corrected chi connectivity index (χ2v) is 8.53. The van der Waals surface area contributed by atoms with Gasteiger partial charge >= 0.3 is 4.87 Å². The normalized spacial score (nSPS) is 15.1. The number of amides is 1. The van der Waals surface area contributed by atoms with Crippen molar-refractivity contribution in [1.82, 2.24) is 4.57 Å². The van der Waals surface area contributed by atoms with Crippen molar-refractivity contribution < 1.29 is 19.4 Å². The molecule has 1 amide bonds. The first-order chi connectivity index (χ1) is 15.4. The Balaban J connectivity index is 1.39. The van der Waals surface area contributed by atoms with E-state index in [9.17, 15) is 14.7 Å². The summed E-state index contributed by atoms with van der Waals surface area (Å²) in [5, 5.41) is 13.4. The van der Waals surface area contributed by atoms with Gasteiger partial charge in [0.15, 0.2) is 11.5 Å². The number of fused-ring (bicyclic) bond motifs is 2. The van der Waals surface area contributed by atoms with Gasteiger partial charge in [0.2, 0.25) is 18.6 Å². The van der Waals surface area contributed by atoms with E-state index in [-0.39, 0.29) is 19.2 Å². The molecule has 162 valence electrons. The average molecular weight is 449 g/mol. The van der Waals surface area contributed by atoms with E-state index in [2.05, 4.69) is 10.3 Å². The van der Waals surface area contributed by atoms with Crippen LogP contribution in [0, 0.1) is 6.92 Å². The molecule has 0 radical (unpaired) electrons. The van der Waals surface area contributed by atoms with Gasteiger partial charge in [-0.15, -0.1) is 0 Å². The Labute approximate surface area is 187 Å². The summed E-state index contributed by atoms with van der Waals surface area (Å²) in [6.45, 7) is 3.70. The molecule has 3 aromatic rings. The van der Waals surface area contributed by atoms with E-state index in [1.54, 1.807) is 24.3 Å². The summed E-state index contributed by atoms with van der Waals surface area (Å²) in [4.78, 5) is 29.5. The van der Waals surface area contributed by atoms with Gasteiger partial charge in [-0.2, -0.15) is 0 Å². The Morgan fingerprint density at radius 2 is 2.03 bits per heavy atom. The third kappa shape index (κ3) is 3.56. The van der Waals surface area contributed by atoms with E-state index in [1.165, 1.54) is 0 Å². The fourth-order valence-electron chi connectivity index (χ4n) is 3.68. The molecular weight excluding hydrogens is 430 g/mol. The molecule has 2 aliphatic heterocycles. The molecule has 2 aromatic carbocycles. The van der Waals surface area contributed by atoms with Crippen LogP contribution in [-0.4, -0.2) is 28.1 Å². The molecule has 0 aliphatic carbocycles. The van der Waals surface area contributed by atoms with Crippen LogP contribution < -0.4 is 19.7 Å². The third-order valence-corrected chi connectivity index (χ3v) is 6.16. The molecule has 0 unspecified atom stereocenters. The number of carbonyl (C=O) groups excluding carboxylic acids is 1. The van der Waals surface area contributed by atoms with Gasteiger partial charge in [-0.1, -0.05) is 23.0 Å². The molecule has 5 rings (SSSR count). The quantitative estimate of drug-likeness (QED) is 0.628. The molecule has 8 nitrogen and oxygen atoms in total. The number of benzene rings is 2. The van der Waals surface area contributed by atoms with Crippen LogP contribution in [0.4, 0.5) is 11.4 Å². The van der Waals surface area contributed by atoms with Crippen LogP contribution >= 0.6 is 11.3 Å². The Kier molecular flexibility index (Phi) is 4.82. The maximum Gasteiger partial charge on any atom is 0.311 e. The number of thiazole rings is 1. The van der Waals surface area contributed by atoms with E-state index < -0.39 is 10.8 Å². The van der Waals surface area contributed by atoms with Crippen LogP contribution in [0.1, 0.15) is 22.9 Å². The second kappa shape index (κ2) is 7.69. The van der Waals surface area contributed by atoms with Crippen LogP contribution in [-0.2, 0) is 11.3 Å². The smallest absolute Gasteiger partial charge is 0.311 e. The topological polar surface area (TPSA) is 102 Å². The van der Waals surface area contributed by atoms with Crippen LogP contribution in [0.25, 0.3) is 11.6 Å². The first-order valence-electron chi connectivity index (χ1n) is 9.89. The zero-order chi connectivity index (χ0) is 22.4. The minimum Gasteiger partial charge on any atom is -0.493 e. The Bertz CT molecular complexity index is 1380. The summed E-state index contributed by atoms with van der Waals surface area (Å²) >= 11 is 0.883. The molecule has 0 atom stereocenters. The number of aromatic nitrogens is 1. The van der Waals surface area contributed by atoms with Crippen molar-refractivity contribution in [2.75, 3.05) is 12.1 Å². The number of aryl methyl sites for hydroxylation is 1. The molecule has 0 bridgehead atoms. The number of rotatable bonds is 4. The van der Waals surface area contributed by atoms with Gasteiger partial charge in [0.25, 0.3) is 0 Å². The second-order valence-electron chi connectivity index (χ2n) is 7.53. The molecule has 0 saturated heterocycles. The lowest BCUT2D eigenvalue weighted by molar-refractivity contribution is -0.116. The van der Waals surface area contributed by atoms with E-state index in [0.717, 1.165) is 44.0 Å². The number of allylic oxidation sites excluding steroid dienone is 1. The summed E-state index contributed by atoms with van der Waals surface area (Å²) in [6.07, 6.45) is 1.75. The highest BCUT2D eigenvalue weighted by molar-refractivity contribution is 7.10. The fourth-order valence-corrected chi connectivity index (χ4v) is 4.51. The third-order valence-electron chi connectivity index (χ3n) is 5.25. The Hall–Kier alpha value is -3.85. The molecule has 2 N–H and O–H groups in total. The molecule has 9 heteroatoms. The highest BCUT2D eigenvalue weighted by Crippen LogP contribution is 2.38. The van der Waals surface area contributed by atoms with Crippen molar-refractivity contribution in [2.45, 2.75) is 20.4 Å². The molecule has 1 aromatic heterocycles. The van der Waals surface area contributed by atoms with E-state index in [4.69, 9.17) is 9.47 Å². The number of nitrogens with zero attached hydrogens (tertiary/aromatic N) is 2. The molecule has 0 saturated carbocycles. The monoisotopic (exact) mass is 449 g/mol. The van der Waals surface area contributed by atoms with Gasteiger partial charge in [-0.3, -0.25) is 19.1 Å². The summed E-state index contributed by atoms with van der Waals surface area (Å²) in [6, 6.07) is 11.0. The zero-order valence-electron chi connectivity index (χ0n) is 17.3. The predicted molar refractivity (Wildman–Crippen MR) is 123 cm³/mol. The van der Waals surface area contributed by atoms with Crippen molar-refractivity contribution >= 4 is 46.0 Å². The van der Waals surface area contributed by atoms with Gasteiger partial charge < -0.3 is 19.9 Å². The summed E-state index contributed by atoms with van der Waals surface area (Å²) in [5.41, 5.74) is 5.06. The first kappa shape index (κ1) is 20.1. The number of carbonyl (C=O) groups is 1. The summed E-state index contributed by atoms with van der Waals surface area (Å²) in [5.74, 6) is 0.450. The molecule has 3 heterocycles. The van der Waals surface area contributed by atoms with Crippen molar-refractivity contribution in [1.29, 1.82) is 0 Å². The lowest BCUT2D eigenvalue weighted by Crippen LogP contribution is -2.24. The van der Waals surface area contributed by atoms with Gasteiger partial charge in [-0.05, 0) is 44.2 Å². The predicted octanol–water partition coefficient (Wildman–Crippen LogP) is 3.94. The number of hydrogen-bond donors (Lipinski definition) is 2. The number of hydrogen-bond acceptors (Lipinski definition) is 7. The van der Waals surface area contributed by atoms with Gasteiger partial charge in [-0.25, -0.2) is 0 Å². The minimum atomic E-state index is -0.446. The number of aromatic hydroxyl groups is 1. The largest absolute Gasteiger partial charge is 0.493 e. The van der Waals surface area contributed by atoms with Crippen LogP contribution in [0.2, 0.25) is 0 Å². The number of anilines is 1. The molecule has 0 fully saturated rings. The SMILES string of the molecule is CC1=Nc2ccc(C)cc2/C1=C\c1sc(=O)n(CC(=O)Nc2ccc3c(c2)OCO3)c1O. The van der Waals surface area contributed by atoms with Crippen LogP contribution in [0.3, 0.4) is 0 Å². The van der Waals surface area contributed by atoms with Crippen molar-refractivity contribution in [3.63, 3.8) is 0 Å².